The van der Waals surface area contributed by atoms with Crippen molar-refractivity contribution in [1.82, 2.24) is 15.5 Å². The van der Waals surface area contributed by atoms with Gasteiger partial charge in [-0.25, -0.2) is 13.2 Å². The molecule has 1 aromatic rings. The lowest BCUT2D eigenvalue weighted by molar-refractivity contribution is -0.139. The normalized spacial score (nSPS) is 12.7. The highest BCUT2D eigenvalue weighted by atomic mass is 32.2. The van der Waals surface area contributed by atoms with Gasteiger partial charge in [0.1, 0.15) is 15.9 Å². The highest BCUT2D eigenvalue weighted by molar-refractivity contribution is 7.90. The molecule has 1 unspecified atom stereocenters. The third-order valence-electron chi connectivity index (χ3n) is 2.73. The predicted molar refractivity (Wildman–Crippen MR) is 74.7 cm³/mol. The molecule has 0 aliphatic heterocycles. The van der Waals surface area contributed by atoms with Crippen LogP contribution in [0.5, 0.6) is 0 Å². The molecule has 0 aliphatic carbocycles. The lowest BCUT2D eigenvalue weighted by Crippen LogP contribution is -2.42. The maximum Gasteiger partial charge on any atom is 0.326 e. The highest BCUT2D eigenvalue weighted by Gasteiger charge is 2.23. The van der Waals surface area contributed by atoms with Gasteiger partial charge in [-0.15, -0.1) is 0 Å². The molecule has 0 aromatic carbocycles. The van der Waals surface area contributed by atoms with Gasteiger partial charge in [-0.3, -0.25) is 4.79 Å². The molecule has 0 fully saturated rings. The summed E-state index contributed by atoms with van der Waals surface area (Å²) >= 11 is 0. The van der Waals surface area contributed by atoms with Crippen LogP contribution in [0.1, 0.15) is 28.2 Å². The first-order valence-corrected chi connectivity index (χ1v) is 8.18. The van der Waals surface area contributed by atoms with Gasteiger partial charge < -0.3 is 10.4 Å². The van der Waals surface area contributed by atoms with Gasteiger partial charge in [-0.1, -0.05) is 0 Å². The SMILES string of the molecule is Cc1cc(C(=O)NC(CCS(C)(=O)=O)C(=O)O)c(C)nn1. The zero-order valence-electron chi connectivity index (χ0n) is 12.0. The molecule has 1 rings (SSSR count). The first-order valence-electron chi connectivity index (χ1n) is 6.12. The highest BCUT2D eigenvalue weighted by Crippen LogP contribution is 2.07. The Morgan fingerprint density at radius 2 is 1.95 bits per heavy atom. The molecule has 0 bridgehead atoms. The number of carboxylic acids is 1. The summed E-state index contributed by atoms with van der Waals surface area (Å²) in [5, 5.41) is 18.9. The van der Waals surface area contributed by atoms with E-state index in [0.717, 1.165) is 6.26 Å². The van der Waals surface area contributed by atoms with E-state index in [2.05, 4.69) is 15.5 Å². The second kappa shape index (κ2) is 6.61. The molecule has 1 amide bonds. The number of rotatable bonds is 6. The van der Waals surface area contributed by atoms with E-state index in [1.807, 2.05) is 0 Å². The van der Waals surface area contributed by atoms with Crippen molar-refractivity contribution in [3.63, 3.8) is 0 Å². The Hall–Kier alpha value is -2.03. The Bertz CT molecular complexity index is 657. The second-order valence-corrected chi connectivity index (χ2v) is 7.03. The Morgan fingerprint density at radius 3 is 2.48 bits per heavy atom. The summed E-state index contributed by atoms with van der Waals surface area (Å²) in [4.78, 5) is 23.2. The standard InChI is InChI=1S/C12H17N3O5S/c1-7-6-9(8(2)15-14-7)11(16)13-10(12(17)18)4-5-21(3,19)20/h6,10H,4-5H2,1-3H3,(H,13,16)(H,17,18). The summed E-state index contributed by atoms with van der Waals surface area (Å²) < 4.78 is 22.2. The zero-order valence-corrected chi connectivity index (χ0v) is 12.8. The summed E-state index contributed by atoms with van der Waals surface area (Å²) in [5.41, 5.74) is 1.10. The Labute approximate surface area is 122 Å². The Kier molecular flexibility index (Phi) is 5.36. The molecule has 0 saturated carbocycles. The van der Waals surface area contributed by atoms with Crippen molar-refractivity contribution in [3.8, 4) is 0 Å². The van der Waals surface area contributed by atoms with Crippen LogP contribution in [0.25, 0.3) is 0 Å². The minimum atomic E-state index is -3.30. The zero-order chi connectivity index (χ0) is 16.2. The Balaban J connectivity index is 2.86. The van der Waals surface area contributed by atoms with Gasteiger partial charge in [0.25, 0.3) is 5.91 Å². The molecular formula is C12H17N3O5S. The molecule has 2 N–H and O–H groups in total. The van der Waals surface area contributed by atoms with Gasteiger partial charge in [-0.2, -0.15) is 10.2 Å². The molecule has 1 aromatic heterocycles. The number of nitrogens with zero attached hydrogens (tertiary/aromatic N) is 2. The van der Waals surface area contributed by atoms with Crippen molar-refractivity contribution >= 4 is 21.7 Å². The van der Waals surface area contributed by atoms with E-state index >= 15 is 0 Å². The van der Waals surface area contributed by atoms with Crippen LogP contribution < -0.4 is 5.32 Å². The van der Waals surface area contributed by atoms with Gasteiger partial charge in [-0.05, 0) is 26.3 Å². The predicted octanol–water partition coefficient (Wildman–Crippen LogP) is -0.289. The largest absolute Gasteiger partial charge is 0.480 e. The van der Waals surface area contributed by atoms with E-state index in [1.54, 1.807) is 13.8 Å². The minimum absolute atomic E-state index is 0.198. The van der Waals surface area contributed by atoms with Crippen molar-refractivity contribution in [1.29, 1.82) is 0 Å². The third-order valence-corrected chi connectivity index (χ3v) is 3.70. The smallest absolute Gasteiger partial charge is 0.326 e. The van der Waals surface area contributed by atoms with Crippen molar-refractivity contribution in [3.05, 3.63) is 23.0 Å². The number of hydrogen-bond acceptors (Lipinski definition) is 6. The van der Waals surface area contributed by atoms with Gasteiger partial charge in [0.2, 0.25) is 0 Å². The first-order chi connectivity index (χ1) is 9.60. The maximum atomic E-state index is 12.1. The van der Waals surface area contributed by atoms with Crippen LogP contribution >= 0.6 is 0 Å². The summed E-state index contributed by atoms with van der Waals surface area (Å²) in [6.07, 6.45) is 0.810. The molecular weight excluding hydrogens is 298 g/mol. The second-order valence-electron chi connectivity index (χ2n) is 4.77. The van der Waals surface area contributed by atoms with E-state index < -0.39 is 27.8 Å². The third kappa shape index (κ3) is 5.46. The fourth-order valence-electron chi connectivity index (χ4n) is 1.61. The van der Waals surface area contributed by atoms with Gasteiger partial charge in [0.15, 0.2) is 0 Å². The van der Waals surface area contributed by atoms with Crippen LogP contribution in [-0.4, -0.2) is 53.6 Å². The molecule has 0 spiro atoms. The summed E-state index contributed by atoms with van der Waals surface area (Å²) in [6, 6.07) is 0.216. The van der Waals surface area contributed by atoms with Crippen LogP contribution in [0, 0.1) is 13.8 Å². The molecule has 9 heteroatoms. The van der Waals surface area contributed by atoms with Crippen LogP contribution in [-0.2, 0) is 14.6 Å². The number of amides is 1. The number of carbonyl (C=O) groups excluding carboxylic acids is 1. The Morgan fingerprint density at radius 1 is 1.33 bits per heavy atom. The molecule has 0 radical (unpaired) electrons. The molecule has 0 saturated heterocycles. The number of carbonyl (C=O) groups is 2. The van der Waals surface area contributed by atoms with E-state index in [9.17, 15) is 18.0 Å². The van der Waals surface area contributed by atoms with Crippen molar-refractivity contribution in [2.75, 3.05) is 12.0 Å². The average molecular weight is 315 g/mol. The van der Waals surface area contributed by atoms with Crippen LogP contribution in [0.2, 0.25) is 0 Å². The molecule has 0 aliphatic rings. The van der Waals surface area contributed by atoms with Crippen molar-refractivity contribution in [2.24, 2.45) is 0 Å². The molecule has 1 heterocycles. The van der Waals surface area contributed by atoms with Crippen molar-refractivity contribution in [2.45, 2.75) is 26.3 Å². The van der Waals surface area contributed by atoms with Crippen LogP contribution in [0.4, 0.5) is 0 Å². The van der Waals surface area contributed by atoms with Crippen molar-refractivity contribution < 1.29 is 23.1 Å². The van der Waals surface area contributed by atoms with Crippen LogP contribution in [0.15, 0.2) is 6.07 Å². The quantitative estimate of drug-likeness (QED) is 0.738. The molecule has 21 heavy (non-hydrogen) atoms. The van der Waals surface area contributed by atoms with Crippen LogP contribution in [0.3, 0.4) is 0 Å². The number of carboxylic acid groups (broad SMARTS) is 1. The van der Waals surface area contributed by atoms with E-state index in [-0.39, 0.29) is 17.7 Å². The summed E-state index contributed by atoms with van der Waals surface area (Å²) in [7, 11) is -3.30. The summed E-state index contributed by atoms with van der Waals surface area (Å²) in [5.74, 6) is -2.23. The lowest BCUT2D eigenvalue weighted by atomic mass is 10.1. The first kappa shape index (κ1) is 17.0. The van der Waals surface area contributed by atoms with Gasteiger partial charge >= 0.3 is 5.97 Å². The maximum absolute atomic E-state index is 12.1. The average Bonchev–Trinajstić information content (AvgIpc) is 2.35. The fraction of sp³-hybridized carbons (Fsp3) is 0.500. The lowest BCUT2D eigenvalue weighted by Gasteiger charge is -2.14. The molecule has 1 atom stereocenters. The minimum Gasteiger partial charge on any atom is -0.480 e. The van der Waals surface area contributed by atoms with E-state index in [1.165, 1.54) is 6.07 Å². The fourth-order valence-corrected chi connectivity index (χ4v) is 2.27. The molecule has 116 valence electrons. The van der Waals surface area contributed by atoms with Gasteiger partial charge in [0.05, 0.1) is 22.7 Å². The van der Waals surface area contributed by atoms with E-state index in [4.69, 9.17) is 5.11 Å². The summed E-state index contributed by atoms with van der Waals surface area (Å²) in [6.45, 7) is 3.23. The number of aryl methyl sites for hydroxylation is 2. The van der Waals surface area contributed by atoms with Gasteiger partial charge in [0, 0.05) is 6.26 Å². The monoisotopic (exact) mass is 315 g/mol. The molecule has 8 nitrogen and oxygen atoms in total. The topological polar surface area (TPSA) is 126 Å². The number of sulfone groups is 1. The number of nitrogens with one attached hydrogen (secondary N) is 1. The van der Waals surface area contributed by atoms with E-state index in [0.29, 0.717) is 11.4 Å². The number of hydrogen-bond donors (Lipinski definition) is 2. The number of aliphatic carboxylic acids is 1. The number of aromatic nitrogens is 2.